The van der Waals surface area contributed by atoms with Crippen LogP contribution in [0.25, 0.3) is 22.4 Å². The van der Waals surface area contributed by atoms with Crippen molar-refractivity contribution in [2.45, 2.75) is 39.5 Å². The third kappa shape index (κ3) is 4.37. The second-order valence-electron chi connectivity index (χ2n) is 7.48. The number of ether oxygens (including phenoxy) is 1. The van der Waals surface area contributed by atoms with Gasteiger partial charge in [0.25, 0.3) is 5.56 Å². The Kier molecular flexibility index (Phi) is 6.54. The topological polar surface area (TPSA) is 93.1 Å². The summed E-state index contributed by atoms with van der Waals surface area (Å²) in [5, 5.41) is 4.48. The molecule has 0 bridgehead atoms. The highest BCUT2D eigenvalue weighted by Crippen LogP contribution is 2.30. The van der Waals surface area contributed by atoms with Gasteiger partial charge in [-0.25, -0.2) is 4.98 Å². The second kappa shape index (κ2) is 9.11. The Morgan fingerprint density at radius 2 is 2.00 bits per heavy atom. The van der Waals surface area contributed by atoms with Crippen LogP contribution >= 0.6 is 0 Å². The van der Waals surface area contributed by atoms with Crippen molar-refractivity contribution in [2.24, 2.45) is 7.05 Å². The number of aromatic nitrogens is 4. The Balaban J connectivity index is 2.09. The Morgan fingerprint density at radius 1 is 1.23 bits per heavy atom. The minimum atomic E-state index is -0.233. The van der Waals surface area contributed by atoms with Crippen molar-refractivity contribution >= 4 is 16.9 Å². The van der Waals surface area contributed by atoms with Gasteiger partial charge in [-0.05, 0) is 37.5 Å². The predicted molar refractivity (Wildman–Crippen MR) is 117 cm³/mol. The van der Waals surface area contributed by atoms with Crippen LogP contribution in [0.1, 0.15) is 37.9 Å². The van der Waals surface area contributed by atoms with Gasteiger partial charge in [0, 0.05) is 27.6 Å². The number of nitrogens with one attached hydrogen (secondary N) is 1. The van der Waals surface area contributed by atoms with E-state index in [4.69, 9.17) is 9.72 Å². The van der Waals surface area contributed by atoms with Gasteiger partial charge in [-0.1, -0.05) is 19.4 Å². The molecule has 0 fully saturated rings. The minimum Gasteiger partial charge on any atom is -0.493 e. The highest BCUT2D eigenvalue weighted by molar-refractivity contribution is 5.80. The summed E-state index contributed by atoms with van der Waals surface area (Å²) < 4.78 is 7.37. The Bertz CT molecular complexity index is 1110. The molecular weight excluding hydrogens is 382 g/mol. The van der Waals surface area contributed by atoms with E-state index < -0.39 is 0 Å². The number of hydrogen-bond acceptors (Lipinski definition) is 5. The fourth-order valence-corrected chi connectivity index (χ4v) is 3.45. The lowest BCUT2D eigenvalue weighted by Crippen LogP contribution is -2.21. The quantitative estimate of drug-likeness (QED) is 0.615. The fraction of sp³-hybridized carbons (Fsp3) is 0.455. The van der Waals surface area contributed by atoms with Crippen LogP contribution in [-0.4, -0.2) is 51.3 Å². The SMILES string of the molecule is CCCc1nn(C)c2c(=O)[nH]c(-c3cc(CCC(=O)N(C)C)ccc3OCC)nc12. The van der Waals surface area contributed by atoms with Crippen LogP contribution in [0, 0.1) is 0 Å². The highest BCUT2D eigenvalue weighted by Gasteiger charge is 2.18. The molecule has 0 spiro atoms. The first-order valence-electron chi connectivity index (χ1n) is 10.3. The van der Waals surface area contributed by atoms with Crippen molar-refractivity contribution in [3.63, 3.8) is 0 Å². The summed E-state index contributed by atoms with van der Waals surface area (Å²) in [4.78, 5) is 34.0. The van der Waals surface area contributed by atoms with E-state index in [9.17, 15) is 9.59 Å². The number of rotatable bonds is 8. The van der Waals surface area contributed by atoms with Crippen LogP contribution < -0.4 is 10.3 Å². The molecule has 3 rings (SSSR count). The van der Waals surface area contributed by atoms with Crippen molar-refractivity contribution < 1.29 is 9.53 Å². The van der Waals surface area contributed by atoms with Gasteiger partial charge in [-0.15, -0.1) is 0 Å². The molecule has 0 unspecified atom stereocenters. The van der Waals surface area contributed by atoms with Gasteiger partial charge in [0.15, 0.2) is 5.52 Å². The summed E-state index contributed by atoms with van der Waals surface area (Å²) in [6, 6.07) is 5.75. The van der Waals surface area contributed by atoms with Crippen LogP contribution in [0.2, 0.25) is 0 Å². The van der Waals surface area contributed by atoms with E-state index in [1.807, 2.05) is 25.1 Å². The zero-order valence-electron chi connectivity index (χ0n) is 18.3. The molecule has 0 aliphatic carbocycles. The fourth-order valence-electron chi connectivity index (χ4n) is 3.45. The number of fused-ring (bicyclic) bond motifs is 1. The molecule has 30 heavy (non-hydrogen) atoms. The Hall–Kier alpha value is -3.16. The molecule has 2 aromatic heterocycles. The monoisotopic (exact) mass is 411 g/mol. The van der Waals surface area contributed by atoms with Gasteiger partial charge in [0.05, 0.1) is 17.9 Å². The molecule has 1 N–H and O–H groups in total. The van der Waals surface area contributed by atoms with Crippen LogP contribution in [0.5, 0.6) is 5.75 Å². The summed E-state index contributed by atoms with van der Waals surface area (Å²) in [5.74, 6) is 1.16. The summed E-state index contributed by atoms with van der Waals surface area (Å²) >= 11 is 0. The summed E-state index contributed by atoms with van der Waals surface area (Å²) in [5.41, 5.74) is 3.35. The number of aromatic amines is 1. The van der Waals surface area contributed by atoms with Crippen molar-refractivity contribution in [1.29, 1.82) is 0 Å². The maximum Gasteiger partial charge on any atom is 0.277 e. The van der Waals surface area contributed by atoms with Crippen LogP contribution in [-0.2, 0) is 24.7 Å². The van der Waals surface area contributed by atoms with Crippen LogP contribution in [0.3, 0.4) is 0 Å². The molecular formula is C22H29N5O3. The lowest BCUT2D eigenvalue weighted by atomic mass is 10.0. The average molecular weight is 412 g/mol. The molecule has 0 atom stereocenters. The largest absolute Gasteiger partial charge is 0.493 e. The zero-order valence-corrected chi connectivity index (χ0v) is 18.3. The lowest BCUT2D eigenvalue weighted by molar-refractivity contribution is -0.128. The molecule has 1 aromatic carbocycles. The number of amides is 1. The van der Waals surface area contributed by atoms with Gasteiger partial charge < -0.3 is 14.6 Å². The molecule has 0 saturated carbocycles. The minimum absolute atomic E-state index is 0.0675. The first-order valence-corrected chi connectivity index (χ1v) is 10.3. The maximum absolute atomic E-state index is 12.8. The molecule has 8 heteroatoms. The Labute approximate surface area is 175 Å². The third-order valence-electron chi connectivity index (χ3n) is 4.97. The number of hydrogen-bond donors (Lipinski definition) is 1. The van der Waals surface area contributed by atoms with E-state index in [1.54, 1.807) is 30.7 Å². The lowest BCUT2D eigenvalue weighted by Gasteiger charge is -2.13. The maximum atomic E-state index is 12.8. The molecule has 2 heterocycles. The number of nitrogens with zero attached hydrogens (tertiary/aromatic N) is 4. The van der Waals surface area contributed by atoms with Crippen LogP contribution in [0.15, 0.2) is 23.0 Å². The normalized spacial score (nSPS) is 11.1. The molecule has 0 aliphatic heterocycles. The smallest absolute Gasteiger partial charge is 0.277 e. The van der Waals surface area contributed by atoms with Gasteiger partial charge in [-0.3, -0.25) is 14.3 Å². The number of benzene rings is 1. The van der Waals surface area contributed by atoms with E-state index in [1.165, 1.54) is 0 Å². The van der Waals surface area contributed by atoms with E-state index >= 15 is 0 Å². The van der Waals surface area contributed by atoms with Gasteiger partial charge >= 0.3 is 0 Å². The summed E-state index contributed by atoms with van der Waals surface area (Å²) in [6.45, 7) is 4.47. The first-order chi connectivity index (χ1) is 14.3. The van der Waals surface area contributed by atoms with Crippen molar-refractivity contribution in [3.8, 4) is 17.1 Å². The standard InChI is InChI=1S/C22H29N5O3/c1-6-8-16-19-20(27(5)25-16)22(29)24-21(23-19)15-13-14(9-11-17(15)30-7-2)10-12-18(28)26(3)4/h9,11,13H,6-8,10,12H2,1-5H3,(H,23,24,29). The number of carbonyl (C=O) groups excluding carboxylic acids is 1. The molecule has 3 aromatic rings. The van der Waals surface area contributed by atoms with Crippen LogP contribution in [0.4, 0.5) is 0 Å². The predicted octanol–water partition coefficient (Wildman–Crippen LogP) is 2.70. The molecule has 0 radical (unpaired) electrons. The third-order valence-corrected chi connectivity index (χ3v) is 4.97. The summed E-state index contributed by atoms with van der Waals surface area (Å²) in [7, 11) is 5.25. The molecule has 160 valence electrons. The van der Waals surface area contributed by atoms with E-state index in [-0.39, 0.29) is 11.5 Å². The van der Waals surface area contributed by atoms with Crippen molar-refractivity contribution in [1.82, 2.24) is 24.6 Å². The highest BCUT2D eigenvalue weighted by atomic mass is 16.5. The number of carbonyl (C=O) groups is 1. The van der Waals surface area contributed by atoms with Gasteiger partial charge in [0.1, 0.15) is 17.1 Å². The van der Waals surface area contributed by atoms with Gasteiger partial charge in [0.2, 0.25) is 5.91 Å². The van der Waals surface area contributed by atoms with E-state index in [2.05, 4.69) is 17.0 Å². The molecule has 1 amide bonds. The molecule has 8 nitrogen and oxygen atoms in total. The van der Waals surface area contributed by atoms with Crippen molar-refractivity contribution in [3.05, 3.63) is 39.8 Å². The average Bonchev–Trinajstić information content (AvgIpc) is 3.03. The van der Waals surface area contributed by atoms with E-state index in [0.29, 0.717) is 47.6 Å². The van der Waals surface area contributed by atoms with Gasteiger partial charge in [-0.2, -0.15) is 5.10 Å². The number of H-pyrrole nitrogens is 1. The van der Waals surface area contributed by atoms with E-state index in [0.717, 1.165) is 24.1 Å². The molecule has 0 saturated heterocycles. The Morgan fingerprint density at radius 3 is 2.67 bits per heavy atom. The summed E-state index contributed by atoms with van der Waals surface area (Å²) in [6.07, 6.45) is 2.66. The first kappa shape index (κ1) is 21.5. The molecule has 0 aliphatic rings. The van der Waals surface area contributed by atoms with Crippen molar-refractivity contribution in [2.75, 3.05) is 20.7 Å². The zero-order chi connectivity index (χ0) is 21.8. The second-order valence-corrected chi connectivity index (χ2v) is 7.48. The number of aryl methyl sites for hydroxylation is 3.